The summed E-state index contributed by atoms with van der Waals surface area (Å²) < 4.78 is 33.9. The molecule has 184 valence electrons. The maximum Gasteiger partial charge on any atom is 0.166 e. The van der Waals surface area contributed by atoms with Gasteiger partial charge in [-0.1, -0.05) is 24.3 Å². The van der Waals surface area contributed by atoms with Crippen LogP contribution in [0.25, 0.3) is 0 Å². The van der Waals surface area contributed by atoms with Gasteiger partial charge in [-0.2, -0.15) is 11.8 Å². The minimum atomic E-state index is -0.250. The van der Waals surface area contributed by atoms with Crippen LogP contribution >= 0.6 is 11.8 Å². The molecule has 2 rings (SSSR count). The van der Waals surface area contributed by atoms with Gasteiger partial charge in [0.25, 0.3) is 0 Å². The van der Waals surface area contributed by atoms with Crippen LogP contribution in [0.15, 0.2) is 48.5 Å². The highest BCUT2D eigenvalue weighted by atomic mass is 32.2. The fourth-order valence-corrected chi connectivity index (χ4v) is 4.03. The van der Waals surface area contributed by atoms with Crippen molar-refractivity contribution in [1.82, 2.24) is 0 Å². The fraction of sp³-hybridized carbons (Fsp3) is 0.538. The van der Waals surface area contributed by atoms with E-state index in [9.17, 15) is 0 Å². The molecule has 0 spiro atoms. The van der Waals surface area contributed by atoms with Crippen molar-refractivity contribution in [2.24, 2.45) is 0 Å². The summed E-state index contributed by atoms with van der Waals surface area (Å²) in [5.74, 6) is 3.17. The van der Waals surface area contributed by atoms with Crippen molar-refractivity contribution >= 4 is 11.8 Å². The molecule has 2 unspecified atom stereocenters. The average molecular weight is 479 g/mol. The molecule has 6 nitrogen and oxygen atoms in total. The molecule has 0 heterocycles. The van der Waals surface area contributed by atoms with E-state index in [1.165, 1.54) is 11.1 Å². The highest BCUT2D eigenvalue weighted by molar-refractivity contribution is 7.99. The third kappa shape index (κ3) is 11.3. The number of rotatable bonds is 18. The average Bonchev–Trinajstić information content (AvgIpc) is 2.85. The molecule has 0 aliphatic rings. The highest BCUT2D eigenvalue weighted by Gasteiger charge is 2.14. The summed E-state index contributed by atoms with van der Waals surface area (Å²) in [6.45, 7) is 6.39. The minimum absolute atomic E-state index is 0.250. The van der Waals surface area contributed by atoms with Gasteiger partial charge in [0.15, 0.2) is 12.6 Å². The lowest BCUT2D eigenvalue weighted by molar-refractivity contribution is -0.126. The van der Waals surface area contributed by atoms with E-state index in [-0.39, 0.29) is 12.6 Å². The molecule has 0 aliphatic heterocycles. The van der Waals surface area contributed by atoms with E-state index >= 15 is 0 Å². The van der Waals surface area contributed by atoms with Crippen LogP contribution in [-0.4, -0.2) is 64.7 Å². The van der Waals surface area contributed by atoms with Crippen molar-refractivity contribution in [3.05, 3.63) is 59.7 Å². The zero-order chi connectivity index (χ0) is 23.7. The standard InChI is InChI=1S/C26H38O6S/c1-5-29-25(31-17-15-21-7-11-23(27-3)12-8-21)19-33-20-26(30-6-2)32-18-16-22-9-13-24(28-4)14-10-22/h7-14,25-26H,5-6,15-20H2,1-4H3. The van der Waals surface area contributed by atoms with Crippen LogP contribution in [0.5, 0.6) is 11.5 Å². The van der Waals surface area contributed by atoms with E-state index in [0.29, 0.717) is 26.4 Å². The van der Waals surface area contributed by atoms with Crippen molar-refractivity contribution in [1.29, 1.82) is 0 Å². The Labute approximate surface area is 202 Å². The van der Waals surface area contributed by atoms with E-state index in [2.05, 4.69) is 24.3 Å². The molecule has 0 bridgehead atoms. The smallest absolute Gasteiger partial charge is 0.166 e. The maximum atomic E-state index is 5.98. The molecule has 0 amide bonds. The first-order valence-electron chi connectivity index (χ1n) is 11.5. The maximum absolute atomic E-state index is 5.98. The molecule has 0 aromatic heterocycles. The molecule has 2 aromatic rings. The van der Waals surface area contributed by atoms with E-state index in [4.69, 9.17) is 28.4 Å². The topological polar surface area (TPSA) is 55.4 Å². The lowest BCUT2D eigenvalue weighted by Gasteiger charge is -2.21. The monoisotopic (exact) mass is 478 g/mol. The van der Waals surface area contributed by atoms with Crippen LogP contribution < -0.4 is 9.47 Å². The van der Waals surface area contributed by atoms with E-state index in [0.717, 1.165) is 35.8 Å². The molecule has 7 heteroatoms. The summed E-state index contributed by atoms with van der Waals surface area (Å²) in [5, 5.41) is 0. The summed E-state index contributed by atoms with van der Waals surface area (Å²) in [6, 6.07) is 16.1. The minimum Gasteiger partial charge on any atom is -0.497 e. The lowest BCUT2D eigenvalue weighted by Crippen LogP contribution is -2.25. The molecule has 0 saturated heterocycles. The van der Waals surface area contributed by atoms with Gasteiger partial charge in [-0.05, 0) is 62.1 Å². The van der Waals surface area contributed by atoms with Gasteiger partial charge >= 0.3 is 0 Å². The van der Waals surface area contributed by atoms with Gasteiger partial charge in [-0.3, -0.25) is 0 Å². The number of benzene rings is 2. The fourth-order valence-electron chi connectivity index (χ4n) is 3.12. The highest BCUT2D eigenvalue weighted by Crippen LogP contribution is 2.16. The second-order valence-electron chi connectivity index (χ2n) is 7.24. The molecule has 2 atom stereocenters. The molecular formula is C26H38O6S. The van der Waals surface area contributed by atoms with Gasteiger partial charge in [0.05, 0.1) is 27.4 Å². The number of thioether (sulfide) groups is 1. The first-order valence-corrected chi connectivity index (χ1v) is 12.6. The van der Waals surface area contributed by atoms with Crippen molar-refractivity contribution in [3.8, 4) is 11.5 Å². The Morgan fingerprint density at radius 3 is 1.33 bits per heavy atom. The lowest BCUT2D eigenvalue weighted by atomic mass is 10.1. The third-order valence-corrected chi connectivity index (χ3v) is 5.94. The SMILES string of the molecule is CCOC(CSCC(OCC)OCCc1ccc(OC)cc1)OCCc1ccc(OC)cc1. The second-order valence-corrected chi connectivity index (χ2v) is 8.32. The van der Waals surface area contributed by atoms with Gasteiger partial charge in [0.2, 0.25) is 0 Å². The molecule has 0 radical (unpaired) electrons. The Kier molecular flexibility index (Phi) is 14.0. The molecule has 33 heavy (non-hydrogen) atoms. The van der Waals surface area contributed by atoms with Gasteiger partial charge in [-0.15, -0.1) is 0 Å². The normalized spacial score (nSPS) is 13.0. The van der Waals surface area contributed by atoms with Crippen LogP contribution in [0.3, 0.4) is 0 Å². The molecule has 0 fully saturated rings. The van der Waals surface area contributed by atoms with Crippen molar-refractivity contribution in [2.45, 2.75) is 39.3 Å². The molecule has 0 aliphatic carbocycles. The zero-order valence-corrected chi connectivity index (χ0v) is 21.1. The van der Waals surface area contributed by atoms with Gasteiger partial charge in [0, 0.05) is 24.7 Å². The summed E-state index contributed by atoms with van der Waals surface area (Å²) in [7, 11) is 3.34. The Bertz CT molecular complexity index is 674. The quantitative estimate of drug-likeness (QED) is 0.280. The predicted molar refractivity (Wildman–Crippen MR) is 133 cm³/mol. The van der Waals surface area contributed by atoms with Crippen molar-refractivity contribution in [3.63, 3.8) is 0 Å². The Hall–Kier alpha value is -1.77. The van der Waals surface area contributed by atoms with E-state index in [1.807, 2.05) is 38.1 Å². The van der Waals surface area contributed by atoms with Crippen molar-refractivity contribution < 1.29 is 28.4 Å². The summed E-state index contributed by atoms with van der Waals surface area (Å²) in [4.78, 5) is 0. The Morgan fingerprint density at radius 2 is 1.00 bits per heavy atom. The summed E-state index contributed by atoms with van der Waals surface area (Å²) in [5.41, 5.74) is 2.42. The summed E-state index contributed by atoms with van der Waals surface area (Å²) >= 11 is 1.72. The van der Waals surface area contributed by atoms with E-state index < -0.39 is 0 Å². The predicted octanol–water partition coefficient (Wildman–Crippen LogP) is 4.98. The van der Waals surface area contributed by atoms with Crippen LogP contribution in [0.4, 0.5) is 0 Å². The molecule has 2 aromatic carbocycles. The van der Waals surface area contributed by atoms with Gasteiger partial charge in [-0.25, -0.2) is 0 Å². The number of ether oxygens (including phenoxy) is 6. The number of hydrogen-bond acceptors (Lipinski definition) is 7. The first-order chi connectivity index (χ1) is 16.2. The Balaban J connectivity index is 1.68. The van der Waals surface area contributed by atoms with Gasteiger partial charge in [0.1, 0.15) is 11.5 Å². The first kappa shape index (κ1) is 27.5. The van der Waals surface area contributed by atoms with Crippen LogP contribution in [-0.2, 0) is 31.8 Å². The van der Waals surface area contributed by atoms with Crippen LogP contribution in [0.2, 0.25) is 0 Å². The van der Waals surface area contributed by atoms with Crippen molar-refractivity contribution in [2.75, 3.05) is 52.2 Å². The largest absolute Gasteiger partial charge is 0.497 e. The second kappa shape index (κ2) is 16.8. The summed E-state index contributed by atoms with van der Waals surface area (Å²) in [6.07, 6.45) is 1.15. The van der Waals surface area contributed by atoms with Crippen LogP contribution in [0.1, 0.15) is 25.0 Å². The Morgan fingerprint density at radius 1 is 0.606 bits per heavy atom. The number of methoxy groups -OCH3 is 2. The number of hydrogen-bond donors (Lipinski definition) is 0. The van der Waals surface area contributed by atoms with E-state index in [1.54, 1.807) is 26.0 Å². The molecular weight excluding hydrogens is 440 g/mol. The molecule has 0 N–H and O–H groups in total. The molecule has 0 saturated carbocycles. The zero-order valence-electron chi connectivity index (χ0n) is 20.3. The third-order valence-electron chi connectivity index (χ3n) is 4.92. The van der Waals surface area contributed by atoms with Crippen LogP contribution in [0, 0.1) is 0 Å². The van der Waals surface area contributed by atoms with Gasteiger partial charge < -0.3 is 28.4 Å².